The minimum atomic E-state index is -1.24. The largest absolute Gasteiger partial charge is 0.455 e. The molecule has 52 heavy (non-hydrogen) atoms. The van der Waals surface area contributed by atoms with Crippen molar-refractivity contribution in [3.05, 3.63) is 90.0 Å². The van der Waals surface area contributed by atoms with Gasteiger partial charge in [-0.05, 0) is 63.1 Å². The number of anilines is 1. The fraction of sp³-hybridized carbons (Fsp3) is 0.512. The van der Waals surface area contributed by atoms with Crippen LogP contribution in [0.5, 0.6) is 0 Å². The second kappa shape index (κ2) is 17.2. The number of halogens is 1. The first-order chi connectivity index (χ1) is 25.0. The maximum absolute atomic E-state index is 15.0. The fourth-order valence-electron chi connectivity index (χ4n) is 8.34. The van der Waals surface area contributed by atoms with Crippen LogP contribution in [0.4, 0.5) is 5.69 Å². The maximum Gasteiger partial charge on any atom is 0.313 e. The van der Waals surface area contributed by atoms with E-state index >= 15 is 0 Å². The minimum absolute atomic E-state index is 0.0863. The average molecular weight is 734 g/mol. The highest BCUT2D eigenvalue weighted by Gasteiger charge is 2.75. The van der Waals surface area contributed by atoms with Crippen LogP contribution in [-0.2, 0) is 28.7 Å². The highest BCUT2D eigenvalue weighted by molar-refractivity contribution is 6.34. The fourth-order valence-corrected chi connectivity index (χ4v) is 8.67. The van der Waals surface area contributed by atoms with Crippen molar-refractivity contribution in [2.45, 2.75) is 95.1 Å². The van der Waals surface area contributed by atoms with Crippen molar-refractivity contribution >= 4 is 41.0 Å². The van der Waals surface area contributed by atoms with Gasteiger partial charge in [-0.2, -0.15) is 0 Å². The number of carbonyl (C=O) groups is 4. The molecule has 3 aliphatic heterocycles. The molecule has 3 aliphatic rings. The summed E-state index contributed by atoms with van der Waals surface area (Å²) >= 11 is 6.70. The monoisotopic (exact) mass is 733 g/mol. The van der Waals surface area contributed by atoms with Gasteiger partial charge < -0.3 is 29.3 Å². The smallest absolute Gasteiger partial charge is 0.313 e. The number of aliphatic hydroxyl groups excluding tert-OH is 1. The SMILES string of the molecule is C=CCCC(=O)N(C)[C@H](C)[C@H](OC(=O)[C@@H]1[C@H]2C(=O)N(CCCCCCO)[C@H](C(=O)N(CC=C)c3c(C)cccc3Cl)[C@]23CC[C@H]1O3)c1ccccc1. The van der Waals surface area contributed by atoms with Crippen LogP contribution < -0.4 is 4.90 Å². The summed E-state index contributed by atoms with van der Waals surface area (Å²) in [6.07, 6.45) is 6.41. The number of nitrogens with zero attached hydrogens (tertiary/aromatic N) is 3. The number of ether oxygens (including phenoxy) is 2. The molecule has 1 spiro atoms. The maximum atomic E-state index is 15.0. The van der Waals surface area contributed by atoms with E-state index in [0.29, 0.717) is 49.4 Å². The zero-order chi connectivity index (χ0) is 37.6. The van der Waals surface area contributed by atoms with Crippen molar-refractivity contribution in [1.82, 2.24) is 9.80 Å². The van der Waals surface area contributed by atoms with Gasteiger partial charge in [-0.15, -0.1) is 13.2 Å². The van der Waals surface area contributed by atoms with Gasteiger partial charge in [0.2, 0.25) is 11.8 Å². The van der Waals surface area contributed by atoms with Crippen molar-refractivity contribution < 1.29 is 33.8 Å². The lowest BCUT2D eigenvalue weighted by molar-refractivity contribution is -0.164. The topological polar surface area (TPSA) is 117 Å². The van der Waals surface area contributed by atoms with Crippen LogP contribution in [0.25, 0.3) is 0 Å². The summed E-state index contributed by atoms with van der Waals surface area (Å²) in [5.74, 6) is -3.20. The molecule has 0 radical (unpaired) electrons. The number of aliphatic hydroxyl groups is 1. The van der Waals surface area contributed by atoms with Crippen molar-refractivity contribution in [3.8, 4) is 0 Å². The van der Waals surface area contributed by atoms with Crippen molar-refractivity contribution in [1.29, 1.82) is 0 Å². The van der Waals surface area contributed by atoms with Crippen LogP contribution in [0.15, 0.2) is 73.8 Å². The number of esters is 1. The predicted molar refractivity (Wildman–Crippen MR) is 201 cm³/mol. The summed E-state index contributed by atoms with van der Waals surface area (Å²) in [5, 5.41) is 9.70. The highest BCUT2D eigenvalue weighted by Crippen LogP contribution is 2.59. The standard InChI is InChI=1S/C41H52ClN3O7/c1-6-8-21-32(47)43(5)28(4)36(29-18-12-11-13-19-29)51-40(50)33-31-22-23-41(52-31)34(33)38(48)45(25-14-9-10-15-26-46)37(41)39(49)44(24-7-2)35-27(3)17-16-20-30(35)42/h6-7,11-13,16-20,28,31,33-34,36-37,46H,1-2,8-10,14-15,21-26H2,3-5H3/t28-,31-,33+,34+,36+,37-,41+/m1/s1. The number of unbranched alkanes of at least 4 members (excludes halogenated alkanes) is 3. The van der Waals surface area contributed by atoms with E-state index in [9.17, 15) is 24.3 Å². The molecule has 7 atom stereocenters. The number of para-hydroxylation sites is 1. The Balaban J connectivity index is 1.50. The zero-order valence-electron chi connectivity index (χ0n) is 30.5. The Hall–Kier alpha value is -3.99. The number of benzene rings is 2. The van der Waals surface area contributed by atoms with E-state index in [0.717, 1.165) is 24.0 Å². The van der Waals surface area contributed by atoms with Gasteiger partial charge in [0, 0.05) is 33.2 Å². The molecular weight excluding hydrogens is 682 g/mol. The lowest BCUT2D eigenvalue weighted by atomic mass is 9.70. The summed E-state index contributed by atoms with van der Waals surface area (Å²) in [4.78, 5) is 62.0. The number of fused-ring (bicyclic) bond motifs is 1. The Labute approximate surface area is 312 Å². The number of hydrogen-bond donors (Lipinski definition) is 1. The number of amides is 3. The molecule has 0 aromatic heterocycles. The summed E-state index contributed by atoms with van der Waals surface area (Å²) in [6.45, 7) is 11.9. The molecule has 3 saturated heterocycles. The summed E-state index contributed by atoms with van der Waals surface area (Å²) in [6, 6.07) is 13.2. The molecule has 2 aromatic carbocycles. The van der Waals surface area contributed by atoms with Crippen LogP contribution in [0.2, 0.25) is 5.02 Å². The molecule has 3 fully saturated rings. The Morgan fingerprint density at radius 3 is 2.50 bits per heavy atom. The first-order valence-corrected chi connectivity index (χ1v) is 18.8. The van der Waals surface area contributed by atoms with E-state index < -0.39 is 47.7 Å². The van der Waals surface area contributed by atoms with Crippen LogP contribution in [0.3, 0.4) is 0 Å². The average Bonchev–Trinajstić information content (AvgIpc) is 3.79. The number of likely N-dealkylation sites (tertiary alicyclic amines) is 1. The van der Waals surface area contributed by atoms with E-state index in [2.05, 4.69) is 13.2 Å². The lowest BCUT2D eigenvalue weighted by Gasteiger charge is -2.37. The normalized spacial score (nSPS) is 24.2. The summed E-state index contributed by atoms with van der Waals surface area (Å²) in [5.41, 5.74) is 0.812. The molecule has 280 valence electrons. The molecule has 2 bridgehead atoms. The van der Waals surface area contributed by atoms with Crippen LogP contribution in [0, 0.1) is 18.8 Å². The molecule has 3 amide bonds. The summed E-state index contributed by atoms with van der Waals surface area (Å²) < 4.78 is 13.1. The van der Waals surface area contributed by atoms with Gasteiger partial charge in [0.15, 0.2) is 0 Å². The predicted octanol–water partition coefficient (Wildman–Crippen LogP) is 6.19. The van der Waals surface area contributed by atoms with Gasteiger partial charge >= 0.3 is 5.97 Å². The molecule has 0 aliphatic carbocycles. The van der Waals surface area contributed by atoms with Crippen molar-refractivity contribution in [3.63, 3.8) is 0 Å². The van der Waals surface area contributed by atoms with Gasteiger partial charge in [-0.1, -0.05) is 79.1 Å². The Bertz CT molecular complexity index is 1610. The zero-order valence-corrected chi connectivity index (χ0v) is 31.3. The molecule has 3 heterocycles. The number of allylic oxidation sites excluding steroid dienone is 1. The Morgan fingerprint density at radius 1 is 1.10 bits per heavy atom. The molecule has 10 nitrogen and oxygen atoms in total. The van der Waals surface area contributed by atoms with E-state index in [4.69, 9.17) is 21.1 Å². The van der Waals surface area contributed by atoms with Gasteiger partial charge in [-0.25, -0.2) is 0 Å². The number of aryl methyl sites for hydroxylation is 1. The minimum Gasteiger partial charge on any atom is -0.455 e. The molecule has 2 aromatic rings. The lowest BCUT2D eigenvalue weighted by Crippen LogP contribution is -2.56. The van der Waals surface area contributed by atoms with Gasteiger partial charge in [0.05, 0.1) is 34.7 Å². The number of rotatable bonds is 18. The van der Waals surface area contributed by atoms with Crippen LogP contribution >= 0.6 is 11.6 Å². The quantitative estimate of drug-likeness (QED) is 0.110. The van der Waals surface area contributed by atoms with Crippen LogP contribution in [0.1, 0.15) is 75.5 Å². The Kier molecular flexibility index (Phi) is 13.0. The third-order valence-corrected chi connectivity index (χ3v) is 11.3. The molecule has 0 unspecified atom stereocenters. The molecule has 1 N–H and O–H groups in total. The van der Waals surface area contributed by atoms with Crippen LogP contribution in [-0.4, -0.2) is 89.1 Å². The first kappa shape index (κ1) is 39.2. The van der Waals surface area contributed by atoms with Crippen molar-refractivity contribution in [2.75, 3.05) is 31.6 Å². The van der Waals surface area contributed by atoms with E-state index in [1.165, 1.54) is 0 Å². The van der Waals surface area contributed by atoms with Gasteiger partial charge in [-0.3, -0.25) is 19.2 Å². The van der Waals surface area contributed by atoms with Gasteiger partial charge in [0.1, 0.15) is 17.7 Å². The van der Waals surface area contributed by atoms with E-state index in [-0.39, 0.29) is 37.3 Å². The van der Waals surface area contributed by atoms with Crippen molar-refractivity contribution in [2.24, 2.45) is 11.8 Å². The van der Waals surface area contributed by atoms with E-state index in [1.54, 1.807) is 40.0 Å². The van der Waals surface area contributed by atoms with E-state index in [1.807, 2.05) is 56.3 Å². The molecule has 0 saturated carbocycles. The number of hydrogen-bond acceptors (Lipinski definition) is 7. The van der Waals surface area contributed by atoms with Gasteiger partial charge in [0.25, 0.3) is 5.91 Å². The highest BCUT2D eigenvalue weighted by atomic mass is 35.5. The summed E-state index contributed by atoms with van der Waals surface area (Å²) in [7, 11) is 1.69. The Morgan fingerprint density at radius 2 is 1.83 bits per heavy atom. The number of carbonyl (C=O) groups excluding carboxylic acids is 4. The third-order valence-electron chi connectivity index (χ3n) is 11.0. The third kappa shape index (κ3) is 7.56. The first-order valence-electron chi connectivity index (χ1n) is 18.4. The number of likely N-dealkylation sites (N-methyl/N-ethyl adjacent to an activating group) is 1. The second-order valence-electron chi connectivity index (χ2n) is 14.2. The molecule has 5 rings (SSSR count). The molecular formula is C41H52ClN3O7. The second-order valence-corrected chi connectivity index (χ2v) is 14.6. The molecule has 11 heteroatoms.